The fourth-order valence-corrected chi connectivity index (χ4v) is 2.53. The van der Waals surface area contributed by atoms with E-state index in [0.717, 1.165) is 0 Å². The van der Waals surface area contributed by atoms with Gasteiger partial charge in [-0.1, -0.05) is 0 Å². The molecule has 0 amide bonds. The van der Waals surface area contributed by atoms with Gasteiger partial charge in [0.25, 0.3) is 0 Å². The molecule has 1 saturated heterocycles. The van der Waals surface area contributed by atoms with E-state index in [9.17, 15) is 15.3 Å². The van der Waals surface area contributed by atoms with Crippen LogP contribution in [0.25, 0.3) is 11.2 Å². The van der Waals surface area contributed by atoms with Crippen molar-refractivity contribution in [3.63, 3.8) is 0 Å². The van der Waals surface area contributed by atoms with Gasteiger partial charge in [-0.3, -0.25) is 4.57 Å². The summed E-state index contributed by atoms with van der Waals surface area (Å²) >= 11 is 0. The first kappa shape index (κ1) is 14.1. The molecule has 2 aromatic rings. The number of hydrogen-bond acceptors (Lipinski definition) is 8. The topological polar surface area (TPSA) is 126 Å². The van der Waals surface area contributed by atoms with Gasteiger partial charge in [0, 0.05) is 7.05 Å². The molecule has 0 bridgehead atoms. The maximum Gasteiger partial charge on any atom is 0.167 e. The minimum Gasteiger partial charge on any atom is -0.394 e. The Bertz CT molecular complexity index is 658. The summed E-state index contributed by atoms with van der Waals surface area (Å²) in [7, 11) is 1.72. The third-order valence-electron chi connectivity index (χ3n) is 3.86. The molecule has 2 aromatic heterocycles. The van der Waals surface area contributed by atoms with Crippen LogP contribution in [0, 0.1) is 0 Å². The van der Waals surface area contributed by atoms with E-state index in [2.05, 4.69) is 20.3 Å². The molecule has 1 fully saturated rings. The van der Waals surface area contributed by atoms with E-state index in [4.69, 9.17) is 4.74 Å². The Morgan fingerprint density at radius 1 is 1.43 bits per heavy atom. The molecule has 3 rings (SSSR count). The molecule has 4 atom stereocenters. The van der Waals surface area contributed by atoms with Crippen molar-refractivity contribution in [3.8, 4) is 0 Å². The van der Waals surface area contributed by atoms with Crippen LogP contribution in [0.1, 0.15) is 13.2 Å². The molecule has 0 aromatic carbocycles. The van der Waals surface area contributed by atoms with Crippen molar-refractivity contribution in [3.05, 3.63) is 12.7 Å². The smallest absolute Gasteiger partial charge is 0.167 e. The van der Waals surface area contributed by atoms with Crippen LogP contribution in [0.2, 0.25) is 0 Å². The lowest BCUT2D eigenvalue weighted by Crippen LogP contribution is -2.46. The minimum atomic E-state index is -1.56. The van der Waals surface area contributed by atoms with Crippen LogP contribution in [0.5, 0.6) is 0 Å². The van der Waals surface area contributed by atoms with Gasteiger partial charge >= 0.3 is 0 Å². The summed E-state index contributed by atoms with van der Waals surface area (Å²) in [5.41, 5.74) is -0.565. The van der Waals surface area contributed by atoms with Crippen molar-refractivity contribution in [2.75, 3.05) is 19.0 Å². The number of nitrogens with zero attached hydrogens (tertiary/aromatic N) is 4. The van der Waals surface area contributed by atoms with Crippen molar-refractivity contribution in [2.24, 2.45) is 0 Å². The van der Waals surface area contributed by atoms with E-state index in [1.807, 2.05) is 0 Å². The average Bonchev–Trinajstić information content (AvgIpc) is 2.99. The van der Waals surface area contributed by atoms with E-state index in [0.29, 0.717) is 17.0 Å². The average molecular weight is 295 g/mol. The Balaban J connectivity index is 2.06. The molecular weight excluding hydrogens is 278 g/mol. The number of anilines is 1. The molecule has 1 aliphatic heterocycles. The first-order valence-corrected chi connectivity index (χ1v) is 6.52. The van der Waals surface area contributed by atoms with Gasteiger partial charge in [0.2, 0.25) is 0 Å². The van der Waals surface area contributed by atoms with Gasteiger partial charge < -0.3 is 25.4 Å². The summed E-state index contributed by atoms with van der Waals surface area (Å²) in [6.45, 7) is 1.02. The number of nitrogens with one attached hydrogen (secondary N) is 1. The fraction of sp³-hybridized carbons (Fsp3) is 0.583. The normalized spacial score (nSPS) is 32.7. The third kappa shape index (κ3) is 1.97. The van der Waals surface area contributed by atoms with Gasteiger partial charge in [-0.05, 0) is 6.92 Å². The zero-order chi connectivity index (χ0) is 15.2. The zero-order valence-electron chi connectivity index (χ0n) is 11.6. The van der Waals surface area contributed by atoms with Gasteiger partial charge in [-0.25, -0.2) is 15.0 Å². The summed E-state index contributed by atoms with van der Waals surface area (Å²) in [6, 6.07) is 0. The molecule has 9 nitrogen and oxygen atoms in total. The van der Waals surface area contributed by atoms with Gasteiger partial charge in [-0.2, -0.15) is 0 Å². The number of aliphatic hydroxyl groups excluding tert-OH is 2. The quantitative estimate of drug-likeness (QED) is 0.560. The molecule has 114 valence electrons. The highest BCUT2D eigenvalue weighted by Crippen LogP contribution is 2.38. The van der Waals surface area contributed by atoms with Crippen LogP contribution in [0.15, 0.2) is 12.7 Å². The molecule has 0 spiro atoms. The van der Waals surface area contributed by atoms with Crippen molar-refractivity contribution in [1.82, 2.24) is 19.5 Å². The second kappa shape index (κ2) is 4.88. The first-order chi connectivity index (χ1) is 10.0. The molecule has 9 heteroatoms. The van der Waals surface area contributed by atoms with Crippen LogP contribution >= 0.6 is 0 Å². The van der Waals surface area contributed by atoms with Gasteiger partial charge in [0.1, 0.15) is 29.7 Å². The summed E-state index contributed by atoms with van der Waals surface area (Å²) in [5, 5.41) is 32.7. The van der Waals surface area contributed by atoms with Gasteiger partial charge in [-0.15, -0.1) is 0 Å². The second-order valence-electron chi connectivity index (χ2n) is 5.16. The summed E-state index contributed by atoms with van der Waals surface area (Å²) in [6.07, 6.45) is -0.165. The zero-order valence-corrected chi connectivity index (χ0v) is 11.6. The molecule has 4 unspecified atom stereocenters. The highest BCUT2D eigenvalue weighted by Gasteiger charge is 2.52. The number of aromatic nitrogens is 4. The molecule has 21 heavy (non-hydrogen) atoms. The maximum absolute atomic E-state index is 10.3. The lowest BCUT2D eigenvalue weighted by molar-refractivity contribution is -0.0804. The van der Waals surface area contributed by atoms with Crippen LogP contribution in [0.4, 0.5) is 5.82 Å². The molecule has 0 aliphatic carbocycles. The molecular formula is C12H17N5O4. The Kier molecular flexibility index (Phi) is 3.29. The Morgan fingerprint density at radius 2 is 2.19 bits per heavy atom. The van der Waals surface area contributed by atoms with Crippen molar-refractivity contribution in [2.45, 2.75) is 31.0 Å². The summed E-state index contributed by atoms with van der Waals surface area (Å²) in [5.74, 6) is 0.553. The largest absolute Gasteiger partial charge is 0.394 e. The van der Waals surface area contributed by atoms with Gasteiger partial charge in [0.05, 0.1) is 12.9 Å². The standard InChI is InChI=1S/C12H17N5O4/c1-12(20)6(3-18)21-11(8(12)19)17-5-16-7-9(13-2)14-4-15-10(7)17/h4-6,8,11,18-20H,3H2,1-2H3,(H,13,14,15). The number of imidazole rings is 1. The number of hydrogen-bond donors (Lipinski definition) is 4. The van der Waals surface area contributed by atoms with Crippen LogP contribution in [-0.2, 0) is 4.74 Å². The van der Waals surface area contributed by atoms with E-state index >= 15 is 0 Å². The van der Waals surface area contributed by atoms with Crippen molar-refractivity contribution in [1.29, 1.82) is 0 Å². The molecule has 0 radical (unpaired) electrons. The number of rotatable bonds is 3. The summed E-state index contributed by atoms with van der Waals surface area (Å²) < 4.78 is 7.08. The van der Waals surface area contributed by atoms with Crippen molar-refractivity contribution < 1.29 is 20.1 Å². The SMILES string of the molecule is CNc1ncnc2c1ncn2C1OC(CO)C(C)(O)C1O. The van der Waals surface area contributed by atoms with Crippen LogP contribution in [0.3, 0.4) is 0 Å². The molecule has 1 aliphatic rings. The van der Waals surface area contributed by atoms with Crippen molar-refractivity contribution >= 4 is 17.0 Å². The number of ether oxygens (including phenoxy) is 1. The number of aliphatic hydroxyl groups is 3. The minimum absolute atomic E-state index is 0.399. The molecule has 3 heterocycles. The number of fused-ring (bicyclic) bond motifs is 1. The maximum atomic E-state index is 10.3. The van der Waals surface area contributed by atoms with Crippen LogP contribution in [-0.4, -0.2) is 66.3 Å². The van der Waals surface area contributed by atoms with E-state index in [1.54, 1.807) is 7.05 Å². The molecule has 4 N–H and O–H groups in total. The fourth-order valence-electron chi connectivity index (χ4n) is 2.53. The second-order valence-corrected chi connectivity index (χ2v) is 5.16. The highest BCUT2D eigenvalue weighted by molar-refractivity contribution is 5.82. The highest BCUT2D eigenvalue weighted by atomic mass is 16.6. The summed E-state index contributed by atoms with van der Waals surface area (Å²) in [4.78, 5) is 12.4. The predicted octanol–water partition coefficient (Wildman–Crippen LogP) is -1.13. The Morgan fingerprint density at radius 3 is 2.81 bits per heavy atom. The van der Waals surface area contributed by atoms with E-state index < -0.39 is 30.6 Å². The lowest BCUT2D eigenvalue weighted by atomic mass is 9.95. The Labute approximate surface area is 120 Å². The van der Waals surface area contributed by atoms with E-state index in [1.165, 1.54) is 24.1 Å². The molecule has 0 saturated carbocycles. The Hall–Kier alpha value is -1.81. The van der Waals surface area contributed by atoms with E-state index in [-0.39, 0.29) is 0 Å². The third-order valence-corrected chi connectivity index (χ3v) is 3.86. The lowest BCUT2D eigenvalue weighted by Gasteiger charge is -2.25. The predicted molar refractivity (Wildman–Crippen MR) is 72.5 cm³/mol. The first-order valence-electron chi connectivity index (χ1n) is 6.52. The van der Waals surface area contributed by atoms with Gasteiger partial charge in [0.15, 0.2) is 17.7 Å². The monoisotopic (exact) mass is 295 g/mol. The van der Waals surface area contributed by atoms with Crippen LogP contribution < -0.4 is 5.32 Å².